The van der Waals surface area contributed by atoms with Crippen LogP contribution in [0.5, 0.6) is 0 Å². The third-order valence-corrected chi connectivity index (χ3v) is 4.46. The number of nitrogens with zero attached hydrogens (tertiary/aromatic N) is 4. The fourth-order valence-corrected chi connectivity index (χ4v) is 2.92. The largest absolute Gasteiger partial charge is 0.392 e. The molecule has 1 fully saturated rings. The summed E-state index contributed by atoms with van der Waals surface area (Å²) in [5.41, 5.74) is 0.378. The third kappa shape index (κ3) is 1.54. The minimum Gasteiger partial charge on any atom is -0.392 e. The van der Waals surface area contributed by atoms with E-state index in [4.69, 9.17) is 0 Å². The fraction of sp³-hybridized carbons (Fsp3) is 0.909. The SMILES string of the molecule is Cn1nnc(CC(O)C2C(C)(C)C2(C)C)n1. The molecular weight excluding hydrogens is 204 g/mol. The monoisotopic (exact) mass is 224 g/mol. The zero-order valence-corrected chi connectivity index (χ0v) is 10.6. The van der Waals surface area contributed by atoms with E-state index in [-0.39, 0.29) is 16.9 Å². The fourth-order valence-electron chi connectivity index (χ4n) is 2.92. The second-order valence-electron chi connectivity index (χ2n) is 5.89. The molecule has 1 unspecified atom stereocenters. The summed E-state index contributed by atoms with van der Waals surface area (Å²) >= 11 is 0. The Balaban J connectivity index is 2.03. The highest BCUT2D eigenvalue weighted by atomic mass is 16.3. The maximum Gasteiger partial charge on any atom is 0.177 e. The normalized spacial score (nSPS) is 24.4. The number of rotatable bonds is 3. The van der Waals surface area contributed by atoms with Crippen LogP contribution in [0.1, 0.15) is 33.5 Å². The van der Waals surface area contributed by atoms with Crippen LogP contribution >= 0.6 is 0 Å². The van der Waals surface area contributed by atoms with Gasteiger partial charge in [-0.3, -0.25) is 0 Å². The Morgan fingerprint density at radius 1 is 1.31 bits per heavy atom. The van der Waals surface area contributed by atoms with Crippen LogP contribution in [-0.4, -0.2) is 31.4 Å². The number of aryl methyl sites for hydroxylation is 1. The van der Waals surface area contributed by atoms with Gasteiger partial charge in [0.25, 0.3) is 0 Å². The van der Waals surface area contributed by atoms with Crippen molar-refractivity contribution in [1.82, 2.24) is 20.2 Å². The Morgan fingerprint density at radius 3 is 2.25 bits per heavy atom. The highest BCUT2D eigenvalue weighted by Crippen LogP contribution is 2.69. The van der Waals surface area contributed by atoms with Gasteiger partial charge in [-0.25, -0.2) is 0 Å². The summed E-state index contributed by atoms with van der Waals surface area (Å²) in [6.45, 7) is 8.80. The van der Waals surface area contributed by atoms with Gasteiger partial charge in [-0.1, -0.05) is 27.7 Å². The maximum atomic E-state index is 10.2. The van der Waals surface area contributed by atoms with Crippen molar-refractivity contribution in [2.24, 2.45) is 23.8 Å². The van der Waals surface area contributed by atoms with Crippen LogP contribution in [0.2, 0.25) is 0 Å². The molecule has 0 radical (unpaired) electrons. The van der Waals surface area contributed by atoms with Gasteiger partial charge in [-0.2, -0.15) is 4.80 Å². The molecule has 0 saturated heterocycles. The molecule has 1 aromatic heterocycles. The summed E-state index contributed by atoms with van der Waals surface area (Å²) in [6, 6.07) is 0. The molecule has 1 aliphatic carbocycles. The molecule has 0 spiro atoms. The molecule has 1 atom stereocenters. The standard InChI is InChI=1S/C11H20N4O/c1-10(2)9(11(10,3)4)7(16)6-8-12-14-15(5)13-8/h7,9,16H,6H2,1-5H3. The molecule has 1 N–H and O–H groups in total. The summed E-state index contributed by atoms with van der Waals surface area (Å²) in [5.74, 6) is 0.928. The first-order valence-electron chi connectivity index (χ1n) is 5.68. The van der Waals surface area contributed by atoms with Crippen molar-refractivity contribution in [2.45, 2.75) is 40.2 Å². The van der Waals surface area contributed by atoms with Gasteiger partial charge in [0.15, 0.2) is 5.82 Å². The highest BCUT2D eigenvalue weighted by molar-refractivity contribution is 5.15. The zero-order chi connectivity index (χ0) is 12.1. The first-order chi connectivity index (χ1) is 7.26. The molecule has 5 heteroatoms. The quantitative estimate of drug-likeness (QED) is 0.824. The first-order valence-corrected chi connectivity index (χ1v) is 5.68. The summed E-state index contributed by atoms with van der Waals surface area (Å²) in [6.07, 6.45) is 0.111. The molecule has 1 saturated carbocycles. The van der Waals surface area contributed by atoms with Crippen molar-refractivity contribution in [2.75, 3.05) is 0 Å². The Bertz CT molecular complexity index is 382. The van der Waals surface area contributed by atoms with Crippen LogP contribution < -0.4 is 0 Å². The number of aliphatic hydroxyl groups is 1. The van der Waals surface area contributed by atoms with Crippen LogP contribution in [0.3, 0.4) is 0 Å². The van der Waals surface area contributed by atoms with Gasteiger partial charge in [0, 0.05) is 6.42 Å². The Labute approximate surface area is 95.9 Å². The van der Waals surface area contributed by atoms with E-state index in [1.807, 2.05) is 0 Å². The Hall–Kier alpha value is -0.970. The van der Waals surface area contributed by atoms with Gasteiger partial charge < -0.3 is 5.11 Å². The van der Waals surface area contributed by atoms with E-state index in [2.05, 4.69) is 43.1 Å². The molecule has 5 nitrogen and oxygen atoms in total. The highest BCUT2D eigenvalue weighted by Gasteiger charge is 2.67. The lowest BCUT2D eigenvalue weighted by Crippen LogP contribution is -2.18. The number of hydrogen-bond acceptors (Lipinski definition) is 4. The summed E-state index contributed by atoms with van der Waals surface area (Å²) in [5, 5.41) is 22.0. The predicted molar refractivity (Wildman–Crippen MR) is 59.6 cm³/mol. The van der Waals surface area contributed by atoms with Crippen molar-refractivity contribution in [3.63, 3.8) is 0 Å². The van der Waals surface area contributed by atoms with E-state index in [1.54, 1.807) is 7.05 Å². The summed E-state index contributed by atoms with van der Waals surface area (Å²) in [4.78, 5) is 1.42. The van der Waals surface area contributed by atoms with Crippen LogP contribution in [-0.2, 0) is 13.5 Å². The first kappa shape index (κ1) is 11.5. The molecular formula is C11H20N4O. The second kappa shape index (κ2) is 3.26. The minimum absolute atomic E-state index is 0.189. The van der Waals surface area contributed by atoms with Crippen molar-refractivity contribution >= 4 is 0 Å². The van der Waals surface area contributed by atoms with Crippen molar-refractivity contribution in [3.8, 4) is 0 Å². The molecule has 0 bridgehead atoms. The summed E-state index contributed by atoms with van der Waals surface area (Å²) < 4.78 is 0. The van der Waals surface area contributed by atoms with Gasteiger partial charge in [0.1, 0.15) is 0 Å². The van der Waals surface area contributed by atoms with Crippen molar-refractivity contribution in [3.05, 3.63) is 5.82 Å². The number of hydrogen-bond donors (Lipinski definition) is 1. The van der Waals surface area contributed by atoms with E-state index in [9.17, 15) is 5.11 Å². The lowest BCUT2D eigenvalue weighted by atomic mass is 10.0. The Morgan fingerprint density at radius 2 is 1.88 bits per heavy atom. The summed E-state index contributed by atoms with van der Waals surface area (Å²) in [7, 11) is 1.73. The Kier molecular flexibility index (Phi) is 2.35. The van der Waals surface area contributed by atoms with E-state index in [0.29, 0.717) is 18.2 Å². The second-order valence-corrected chi connectivity index (χ2v) is 5.89. The average molecular weight is 224 g/mol. The topological polar surface area (TPSA) is 63.8 Å². The molecule has 0 aliphatic heterocycles. The van der Waals surface area contributed by atoms with Gasteiger partial charge in [0.2, 0.25) is 0 Å². The maximum absolute atomic E-state index is 10.2. The number of aliphatic hydroxyl groups excluding tert-OH is 1. The molecule has 1 aromatic rings. The van der Waals surface area contributed by atoms with Gasteiger partial charge in [-0.05, 0) is 22.0 Å². The molecule has 16 heavy (non-hydrogen) atoms. The molecule has 0 aromatic carbocycles. The molecule has 1 aliphatic rings. The van der Waals surface area contributed by atoms with Crippen molar-refractivity contribution < 1.29 is 5.11 Å². The predicted octanol–water partition coefficient (Wildman–Crippen LogP) is 0.796. The van der Waals surface area contributed by atoms with Gasteiger partial charge >= 0.3 is 0 Å². The molecule has 90 valence electrons. The number of aromatic nitrogens is 4. The third-order valence-electron chi connectivity index (χ3n) is 4.46. The lowest BCUT2D eigenvalue weighted by Gasteiger charge is -2.09. The average Bonchev–Trinajstić information content (AvgIpc) is 2.44. The van der Waals surface area contributed by atoms with E-state index in [0.717, 1.165) is 0 Å². The van der Waals surface area contributed by atoms with Crippen LogP contribution in [0.4, 0.5) is 0 Å². The van der Waals surface area contributed by atoms with Crippen LogP contribution in [0.15, 0.2) is 0 Å². The minimum atomic E-state index is -0.380. The van der Waals surface area contributed by atoms with Crippen LogP contribution in [0, 0.1) is 16.7 Å². The zero-order valence-electron chi connectivity index (χ0n) is 10.6. The lowest BCUT2D eigenvalue weighted by molar-refractivity contribution is 0.127. The van der Waals surface area contributed by atoms with Crippen LogP contribution in [0.25, 0.3) is 0 Å². The molecule has 0 amide bonds. The van der Waals surface area contributed by atoms with E-state index >= 15 is 0 Å². The van der Waals surface area contributed by atoms with Crippen molar-refractivity contribution in [1.29, 1.82) is 0 Å². The van der Waals surface area contributed by atoms with E-state index < -0.39 is 0 Å². The number of tetrazole rings is 1. The van der Waals surface area contributed by atoms with Gasteiger partial charge in [0.05, 0.1) is 13.2 Å². The molecule has 2 rings (SSSR count). The molecule has 1 heterocycles. The smallest absolute Gasteiger partial charge is 0.177 e. The van der Waals surface area contributed by atoms with Gasteiger partial charge in [-0.15, -0.1) is 10.2 Å². The van der Waals surface area contributed by atoms with E-state index in [1.165, 1.54) is 4.80 Å².